The van der Waals surface area contributed by atoms with Crippen molar-refractivity contribution in [2.45, 2.75) is 39.7 Å². The maximum absolute atomic E-state index is 13.5. The van der Waals surface area contributed by atoms with E-state index < -0.39 is 0 Å². The van der Waals surface area contributed by atoms with E-state index in [0.29, 0.717) is 0 Å². The van der Waals surface area contributed by atoms with Gasteiger partial charge in [-0.1, -0.05) is 19.1 Å². The molecule has 2 rings (SSSR count). The van der Waals surface area contributed by atoms with E-state index in [1.165, 1.54) is 6.07 Å². The Morgan fingerprint density at radius 3 is 2.71 bits per heavy atom. The van der Waals surface area contributed by atoms with Crippen LogP contribution in [-0.4, -0.2) is 11.5 Å². The van der Waals surface area contributed by atoms with Crippen molar-refractivity contribution in [2.24, 2.45) is 0 Å². The summed E-state index contributed by atoms with van der Waals surface area (Å²) in [5.74, 6) is -0.174. The van der Waals surface area contributed by atoms with Gasteiger partial charge in [0, 0.05) is 18.4 Å². The van der Waals surface area contributed by atoms with Crippen LogP contribution in [0.25, 0.3) is 0 Å². The quantitative estimate of drug-likeness (QED) is 0.864. The van der Waals surface area contributed by atoms with Gasteiger partial charge >= 0.3 is 0 Å². The smallest absolute Gasteiger partial charge is 0.123 e. The molecule has 0 saturated heterocycles. The molecular formula is C18H23FN2. The van der Waals surface area contributed by atoms with Gasteiger partial charge in [-0.25, -0.2) is 4.39 Å². The largest absolute Gasteiger partial charge is 0.310 e. The first-order valence-electron chi connectivity index (χ1n) is 7.50. The van der Waals surface area contributed by atoms with Crippen LogP contribution in [0.4, 0.5) is 4.39 Å². The number of aromatic nitrogens is 1. The van der Waals surface area contributed by atoms with Gasteiger partial charge in [-0.05, 0) is 67.6 Å². The molecule has 21 heavy (non-hydrogen) atoms. The Balaban J connectivity index is 2.25. The lowest BCUT2D eigenvalue weighted by Gasteiger charge is -2.20. The van der Waals surface area contributed by atoms with Crippen LogP contribution >= 0.6 is 0 Å². The molecule has 1 atom stereocenters. The molecule has 1 unspecified atom stereocenters. The Kier molecular flexibility index (Phi) is 5.45. The lowest BCUT2D eigenvalue weighted by Crippen LogP contribution is -2.24. The highest BCUT2D eigenvalue weighted by Crippen LogP contribution is 2.21. The molecule has 0 fully saturated rings. The zero-order valence-corrected chi connectivity index (χ0v) is 13.0. The van der Waals surface area contributed by atoms with Crippen LogP contribution in [0.15, 0.2) is 36.7 Å². The van der Waals surface area contributed by atoms with Crippen molar-refractivity contribution in [1.29, 1.82) is 0 Å². The SMILES string of the molecule is CCCNC(Cc1cc(F)ccc1C)c1cncc(C)c1. The summed E-state index contributed by atoms with van der Waals surface area (Å²) in [5.41, 5.74) is 4.48. The summed E-state index contributed by atoms with van der Waals surface area (Å²) in [6.45, 7) is 7.15. The summed E-state index contributed by atoms with van der Waals surface area (Å²) in [7, 11) is 0. The molecule has 0 spiro atoms. The zero-order chi connectivity index (χ0) is 15.2. The van der Waals surface area contributed by atoms with Gasteiger partial charge in [0.15, 0.2) is 0 Å². The van der Waals surface area contributed by atoms with E-state index in [4.69, 9.17) is 0 Å². The third kappa shape index (κ3) is 4.36. The summed E-state index contributed by atoms with van der Waals surface area (Å²) < 4.78 is 13.5. The first-order chi connectivity index (χ1) is 10.1. The average Bonchev–Trinajstić information content (AvgIpc) is 2.47. The molecule has 0 aliphatic carbocycles. The lowest BCUT2D eigenvalue weighted by molar-refractivity contribution is 0.524. The predicted octanol–water partition coefficient (Wildman–Crippen LogP) is 4.12. The van der Waals surface area contributed by atoms with Gasteiger partial charge in [0.2, 0.25) is 0 Å². The van der Waals surface area contributed by atoms with E-state index in [1.807, 2.05) is 32.3 Å². The molecular weight excluding hydrogens is 263 g/mol. The van der Waals surface area contributed by atoms with Gasteiger partial charge in [-0.15, -0.1) is 0 Å². The van der Waals surface area contributed by atoms with Gasteiger partial charge in [-0.2, -0.15) is 0 Å². The number of aryl methyl sites for hydroxylation is 2. The average molecular weight is 286 g/mol. The Morgan fingerprint density at radius 2 is 2.00 bits per heavy atom. The molecule has 1 aromatic heterocycles. The van der Waals surface area contributed by atoms with Gasteiger partial charge in [0.25, 0.3) is 0 Å². The summed E-state index contributed by atoms with van der Waals surface area (Å²) in [5, 5.41) is 3.55. The van der Waals surface area contributed by atoms with Crippen LogP contribution in [0.2, 0.25) is 0 Å². The maximum Gasteiger partial charge on any atom is 0.123 e. The number of hydrogen-bond donors (Lipinski definition) is 1. The fourth-order valence-electron chi connectivity index (χ4n) is 2.48. The second-order valence-corrected chi connectivity index (χ2v) is 5.58. The van der Waals surface area contributed by atoms with Crippen LogP contribution < -0.4 is 5.32 Å². The molecule has 0 saturated carbocycles. The molecule has 1 aromatic carbocycles. The molecule has 1 N–H and O–H groups in total. The summed E-state index contributed by atoms with van der Waals surface area (Å²) >= 11 is 0. The summed E-state index contributed by atoms with van der Waals surface area (Å²) in [4.78, 5) is 4.28. The fraction of sp³-hybridized carbons (Fsp3) is 0.389. The highest BCUT2D eigenvalue weighted by Gasteiger charge is 2.14. The number of nitrogens with one attached hydrogen (secondary N) is 1. The zero-order valence-electron chi connectivity index (χ0n) is 13.0. The van der Waals surface area contributed by atoms with Crippen LogP contribution in [0, 0.1) is 19.7 Å². The van der Waals surface area contributed by atoms with Crippen molar-refractivity contribution in [3.8, 4) is 0 Å². The van der Waals surface area contributed by atoms with Gasteiger partial charge in [0.1, 0.15) is 5.82 Å². The first-order valence-corrected chi connectivity index (χ1v) is 7.50. The number of hydrogen-bond acceptors (Lipinski definition) is 2. The molecule has 0 aliphatic rings. The predicted molar refractivity (Wildman–Crippen MR) is 84.8 cm³/mol. The van der Waals surface area contributed by atoms with Crippen LogP contribution in [0.3, 0.4) is 0 Å². The minimum absolute atomic E-state index is 0.165. The van der Waals surface area contributed by atoms with Crippen LogP contribution in [-0.2, 0) is 6.42 Å². The minimum atomic E-state index is -0.174. The molecule has 2 aromatic rings. The number of rotatable bonds is 6. The second-order valence-electron chi connectivity index (χ2n) is 5.58. The maximum atomic E-state index is 13.5. The highest BCUT2D eigenvalue weighted by atomic mass is 19.1. The molecule has 0 bridgehead atoms. The van der Waals surface area contributed by atoms with E-state index in [2.05, 4.69) is 23.3 Å². The fourth-order valence-corrected chi connectivity index (χ4v) is 2.48. The third-order valence-corrected chi connectivity index (χ3v) is 3.67. The summed E-state index contributed by atoms with van der Waals surface area (Å²) in [6.07, 6.45) is 5.59. The number of nitrogens with zero attached hydrogens (tertiary/aromatic N) is 1. The third-order valence-electron chi connectivity index (χ3n) is 3.67. The Hall–Kier alpha value is -1.74. The number of benzene rings is 1. The molecule has 1 heterocycles. The van der Waals surface area contributed by atoms with Gasteiger partial charge in [-0.3, -0.25) is 4.98 Å². The van der Waals surface area contributed by atoms with Crippen molar-refractivity contribution in [3.63, 3.8) is 0 Å². The lowest BCUT2D eigenvalue weighted by atomic mass is 9.96. The van der Waals surface area contributed by atoms with E-state index in [-0.39, 0.29) is 11.9 Å². The standard InChI is InChI=1S/C18H23FN2/c1-4-7-21-18(16-8-13(2)11-20-12-16)10-15-9-17(19)6-5-14(15)3/h5-6,8-9,11-12,18,21H,4,7,10H2,1-3H3. The molecule has 2 nitrogen and oxygen atoms in total. The minimum Gasteiger partial charge on any atom is -0.310 e. The van der Waals surface area contributed by atoms with Crippen molar-refractivity contribution >= 4 is 0 Å². The van der Waals surface area contributed by atoms with Gasteiger partial charge in [0.05, 0.1) is 0 Å². The van der Waals surface area contributed by atoms with Crippen molar-refractivity contribution in [1.82, 2.24) is 10.3 Å². The highest BCUT2D eigenvalue weighted by molar-refractivity contribution is 5.30. The molecule has 3 heteroatoms. The second kappa shape index (κ2) is 7.32. The molecule has 0 aliphatic heterocycles. The number of halogens is 1. The Bertz CT molecular complexity index is 596. The number of pyridine rings is 1. The van der Waals surface area contributed by atoms with E-state index in [0.717, 1.165) is 41.6 Å². The Labute approximate surface area is 126 Å². The Morgan fingerprint density at radius 1 is 1.19 bits per heavy atom. The van der Waals surface area contributed by atoms with Crippen LogP contribution in [0.5, 0.6) is 0 Å². The van der Waals surface area contributed by atoms with Crippen molar-refractivity contribution in [3.05, 3.63) is 64.7 Å². The van der Waals surface area contributed by atoms with E-state index in [9.17, 15) is 4.39 Å². The van der Waals surface area contributed by atoms with E-state index >= 15 is 0 Å². The normalized spacial score (nSPS) is 12.4. The monoisotopic (exact) mass is 286 g/mol. The van der Waals surface area contributed by atoms with E-state index in [1.54, 1.807) is 6.07 Å². The van der Waals surface area contributed by atoms with Gasteiger partial charge < -0.3 is 5.32 Å². The van der Waals surface area contributed by atoms with Crippen molar-refractivity contribution in [2.75, 3.05) is 6.54 Å². The van der Waals surface area contributed by atoms with Crippen LogP contribution in [0.1, 0.15) is 41.6 Å². The topological polar surface area (TPSA) is 24.9 Å². The molecule has 112 valence electrons. The molecule has 0 radical (unpaired) electrons. The molecule has 0 amide bonds. The first kappa shape index (κ1) is 15.6. The van der Waals surface area contributed by atoms with Crippen molar-refractivity contribution < 1.29 is 4.39 Å². The summed E-state index contributed by atoms with van der Waals surface area (Å²) in [6, 6.07) is 7.31.